The number of benzene rings is 2. The van der Waals surface area contributed by atoms with E-state index in [2.05, 4.69) is 21.3 Å². The topological polar surface area (TPSA) is 359 Å². The SMILES string of the molecule is O=C(CCC(=O)Nc1c(I)c(C(=O)NCC(O)CO)c(I)c(C(=O)N(CCO)CC(O)CO)c1I)Nc1c(I)c(C(=O)NCC(O)CO)c(I)c(C(=O)N(CCO)CC(O)CO)c1I. The molecule has 0 saturated carbocycles. The average molecular weight is 1580 g/mol. The van der Waals surface area contributed by atoms with Gasteiger partial charge in [-0.1, -0.05) is 0 Å². The first-order valence-corrected chi connectivity index (χ1v) is 25.2. The maximum Gasteiger partial charge on any atom is 0.256 e. The number of nitrogens with zero attached hydrogens (tertiary/aromatic N) is 2. The maximum atomic E-state index is 14.0. The Morgan fingerprint density at radius 2 is 0.750 bits per heavy atom. The number of aliphatic hydroxyl groups is 10. The first-order chi connectivity index (χ1) is 30.1. The van der Waals surface area contributed by atoms with Gasteiger partial charge in [0.05, 0.1) is 112 Å². The molecule has 0 aliphatic carbocycles. The minimum atomic E-state index is -1.39. The number of amides is 6. The molecule has 2 rings (SSSR count). The van der Waals surface area contributed by atoms with Gasteiger partial charge in [-0.15, -0.1) is 0 Å². The second-order valence-corrected chi connectivity index (χ2v) is 19.9. The summed E-state index contributed by atoms with van der Waals surface area (Å²) in [6.07, 6.45) is -6.43. The van der Waals surface area contributed by atoms with E-state index in [1.807, 2.05) is 0 Å². The molecule has 0 fully saturated rings. The Hall–Kier alpha value is -0.760. The Labute approximate surface area is 447 Å². The smallest absolute Gasteiger partial charge is 0.256 e. The molecule has 2 aromatic rings. The molecule has 358 valence electrons. The number of carbonyl (C=O) groups excluding carboxylic acids is 6. The summed E-state index contributed by atoms with van der Waals surface area (Å²) in [5.41, 5.74) is -0.526. The third-order valence-electron chi connectivity index (χ3n) is 8.64. The van der Waals surface area contributed by atoms with Crippen LogP contribution in [0.2, 0.25) is 0 Å². The largest absolute Gasteiger partial charge is 0.395 e. The molecule has 22 nitrogen and oxygen atoms in total. The van der Waals surface area contributed by atoms with Crippen molar-refractivity contribution in [1.82, 2.24) is 20.4 Å². The van der Waals surface area contributed by atoms with Crippen LogP contribution in [0.5, 0.6) is 0 Å². The average Bonchev–Trinajstić information content (AvgIpc) is 3.26. The zero-order valence-corrected chi connectivity index (χ0v) is 46.2. The number of rotatable bonds is 25. The van der Waals surface area contributed by atoms with Crippen molar-refractivity contribution in [3.63, 3.8) is 0 Å². The van der Waals surface area contributed by atoms with Crippen LogP contribution in [-0.2, 0) is 9.59 Å². The predicted octanol–water partition coefficient (Wildman–Crippen LogP) is -1.59. The Kier molecular flexibility index (Phi) is 27.2. The van der Waals surface area contributed by atoms with Crippen LogP contribution in [0.1, 0.15) is 54.3 Å². The van der Waals surface area contributed by atoms with Gasteiger partial charge in [0, 0.05) is 59.3 Å². The van der Waals surface area contributed by atoms with E-state index < -0.39 is 125 Å². The van der Waals surface area contributed by atoms with Crippen molar-refractivity contribution < 1.29 is 79.8 Å². The number of hydrogen-bond donors (Lipinski definition) is 14. The van der Waals surface area contributed by atoms with Crippen LogP contribution in [0, 0.1) is 21.4 Å². The molecule has 0 saturated heterocycles. The standard InChI is InChI=1S/C36H46I6N6O16/c37-25-21(33(61)43-7-15(55)11-51)27(39)31(29(41)23(25)35(63)47(3-5-49)9-17(57)13-53)45-19(59)1-2-20(60)46-32-28(40)22(34(62)44-8-16(56)12-52)26(38)24(30(32)42)36(64)48(4-6-50)10-18(58)14-54/h15-18,49-58H,1-14H2,(H,43,61)(H,44,62)(H,45,59)(H,46,60). The van der Waals surface area contributed by atoms with Crippen molar-refractivity contribution in [2.45, 2.75) is 37.3 Å². The summed E-state index contributed by atoms with van der Waals surface area (Å²) in [4.78, 5) is 84.4. The van der Waals surface area contributed by atoms with E-state index in [0.717, 1.165) is 9.80 Å². The lowest BCUT2D eigenvalue weighted by molar-refractivity contribution is -0.121. The highest BCUT2D eigenvalue weighted by Crippen LogP contribution is 2.38. The van der Waals surface area contributed by atoms with Gasteiger partial charge in [-0.25, -0.2) is 0 Å². The maximum absolute atomic E-state index is 14.0. The molecule has 0 spiro atoms. The molecule has 0 aliphatic heterocycles. The molecule has 6 amide bonds. The molecule has 14 N–H and O–H groups in total. The third-order valence-corrected chi connectivity index (χ3v) is 15.1. The van der Waals surface area contributed by atoms with Crippen LogP contribution in [0.25, 0.3) is 0 Å². The van der Waals surface area contributed by atoms with Crippen molar-refractivity contribution in [1.29, 1.82) is 0 Å². The van der Waals surface area contributed by atoms with E-state index in [-0.39, 0.29) is 81.2 Å². The van der Waals surface area contributed by atoms with Crippen molar-refractivity contribution in [3.05, 3.63) is 43.7 Å². The van der Waals surface area contributed by atoms with Crippen LogP contribution in [0.4, 0.5) is 11.4 Å². The van der Waals surface area contributed by atoms with Gasteiger partial charge < -0.3 is 82.1 Å². The fourth-order valence-corrected chi connectivity index (χ4v) is 14.2. The summed E-state index contributed by atoms with van der Waals surface area (Å²) in [6.45, 7) is -5.96. The summed E-state index contributed by atoms with van der Waals surface area (Å²) < 4.78 is 0.712. The highest BCUT2D eigenvalue weighted by atomic mass is 127. The molecule has 4 atom stereocenters. The fourth-order valence-electron chi connectivity index (χ4n) is 5.41. The Morgan fingerprint density at radius 1 is 0.453 bits per heavy atom. The van der Waals surface area contributed by atoms with Gasteiger partial charge in [0.25, 0.3) is 23.6 Å². The molecule has 0 radical (unpaired) electrons. The normalized spacial score (nSPS) is 13.1. The molecule has 64 heavy (non-hydrogen) atoms. The van der Waals surface area contributed by atoms with Crippen molar-refractivity contribution >= 4 is 182 Å². The number of halogens is 6. The Morgan fingerprint density at radius 3 is 1.03 bits per heavy atom. The van der Waals surface area contributed by atoms with Crippen LogP contribution in [0.3, 0.4) is 0 Å². The molecule has 28 heteroatoms. The highest BCUT2D eigenvalue weighted by molar-refractivity contribution is 14.1. The zero-order valence-electron chi connectivity index (χ0n) is 33.3. The van der Waals surface area contributed by atoms with Gasteiger partial charge in [-0.05, 0) is 136 Å². The molecule has 0 aromatic heterocycles. The summed E-state index contributed by atoms with van der Waals surface area (Å²) in [5.74, 6) is -4.72. The summed E-state index contributed by atoms with van der Waals surface area (Å²) >= 11 is 10.6. The van der Waals surface area contributed by atoms with Crippen LogP contribution in [0.15, 0.2) is 0 Å². The van der Waals surface area contributed by atoms with Crippen molar-refractivity contribution in [3.8, 4) is 0 Å². The predicted molar refractivity (Wildman–Crippen MR) is 279 cm³/mol. The molecule has 2 aromatic carbocycles. The number of anilines is 2. The first kappa shape index (κ1) is 59.4. The van der Waals surface area contributed by atoms with Gasteiger partial charge in [0.2, 0.25) is 11.8 Å². The van der Waals surface area contributed by atoms with E-state index in [9.17, 15) is 79.8 Å². The van der Waals surface area contributed by atoms with E-state index in [0.29, 0.717) is 0 Å². The monoisotopic (exact) mass is 1580 g/mol. The van der Waals surface area contributed by atoms with Gasteiger partial charge in [0.1, 0.15) is 0 Å². The Balaban J connectivity index is 2.62. The number of aliphatic hydroxyl groups excluding tert-OH is 10. The number of hydrogen-bond acceptors (Lipinski definition) is 16. The number of carbonyl (C=O) groups is 6. The minimum absolute atomic E-state index is 0.0273. The van der Waals surface area contributed by atoms with E-state index in [4.69, 9.17) is 0 Å². The molecule has 0 heterocycles. The van der Waals surface area contributed by atoms with Crippen LogP contribution >= 0.6 is 136 Å². The molecule has 0 bridgehead atoms. The lowest BCUT2D eigenvalue weighted by atomic mass is 10.1. The van der Waals surface area contributed by atoms with E-state index in [1.54, 1.807) is 136 Å². The molecule has 4 unspecified atom stereocenters. The lowest BCUT2D eigenvalue weighted by Gasteiger charge is -2.27. The molecular weight excluding hydrogens is 1530 g/mol. The highest BCUT2D eigenvalue weighted by Gasteiger charge is 2.34. The Bertz CT molecular complexity index is 1880. The number of nitrogens with one attached hydrogen (secondary N) is 4. The summed E-state index contributed by atoms with van der Waals surface area (Å²) in [6, 6.07) is 0. The van der Waals surface area contributed by atoms with Gasteiger partial charge >= 0.3 is 0 Å². The van der Waals surface area contributed by atoms with Gasteiger partial charge in [-0.3, -0.25) is 28.8 Å². The van der Waals surface area contributed by atoms with Gasteiger partial charge in [-0.2, -0.15) is 0 Å². The summed E-state index contributed by atoms with van der Waals surface area (Å²) in [7, 11) is 0. The van der Waals surface area contributed by atoms with E-state index in [1.165, 1.54) is 0 Å². The zero-order chi connectivity index (χ0) is 48.6. The van der Waals surface area contributed by atoms with Crippen molar-refractivity contribution in [2.75, 3.05) is 89.5 Å². The quantitative estimate of drug-likeness (QED) is 0.0499. The van der Waals surface area contributed by atoms with Crippen LogP contribution in [-0.4, -0.2) is 200 Å². The fraction of sp³-hybridized carbons (Fsp3) is 0.500. The minimum Gasteiger partial charge on any atom is -0.395 e. The second kappa shape index (κ2) is 29.3. The molecular formula is C36H46I6N6O16. The summed E-state index contributed by atoms with van der Waals surface area (Å²) in [5, 5.41) is 107. The third kappa shape index (κ3) is 16.4. The van der Waals surface area contributed by atoms with Crippen LogP contribution < -0.4 is 21.3 Å². The second-order valence-electron chi connectivity index (χ2n) is 13.4. The van der Waals surface area contributed by atoms with E-state index >= 15 is 0 Å². The lowest BCUT2D eigenvalue weighted by Crippen LogP contribution is -2.42. The van der Waals surface area contributed by atoms with Crippen molar-refractivity contribution in [2.24, 2.45) is 0 Å². The van der Waals surface area contributed by atoms with Gasteiger partial charge in [0.15, 0.2) is 0 Å². The first-order valence-electron chi connectivity index (χ1n) is 18.7. The molecule has 0 aliphatic rings.